The van der Waals surface area contributed by atoms with Gasteiger partial charge in [0.2, 0.25) is 17.7 Å². The van der Waals surface area contributed by atoms with Crippen LogP contribution in [0.5, 0.6) is 0 Å². The molecule has 0 spiro atoms. The summed E-state index contributed by atoms with van der Waals surface area (Å²) in [4.78, 5) is 59.6. The van der Waals surface area contributed by atoms with Crippen molar-refractivity contribution in [1.82, 2.24) is 16.0 Å². The van der Waals surface area contributed by atoms with E-state index in [-0.39, 0.29) is 31.4 Å². The minimum atomic E-state index is -1.25. The summed E-state index contributed by atoms with van der Waals surface area (Å²) >= 11 is 6.81. The van der Waals surface area contributed by atoms with Crippen LogP contribution >= 0.6 is 36.2 Å². The van der Waals surface area contributed by atoms with Gasteiger partial charge in [-0.15, -0.1) is 0 Å². The van der Waals surface area contributed by atoms with Gasteiger partial charge in [-0.05, 0) is 43.3 Å². The third-order valence-corrected chi connectivity index (χ3v) is 5.94. The summed E-state index contributed by atoms with van der Waals surface area (Å²) in [6, 6.07) is -4.31. The molecule has 184 valence electrons. The van der Waals surface area contributed by atoms with E-state index in [0.717, 1.165) is 0 Å². The van der Waals surface area contributed by atoms with Gasteiger partial charge in [0.1, 0.15) is 18.1 Å². The number of carboxylic acids is 2. The Hall–Kier alpha value is -1.64. The van der Waals surface area contributed by atoms with E-state index in [0.29, 0.717) is 11.5 Å². The molecule has 0 radical (unpaired) electrons. The standard InChI is InChI=1S/C18H32N4O7S3/c1-31-7-5-11(20-15(25)10(19)3-4-14(23)24)16(26)21-12(6-8-32-2)17(27)22-13(9-30)18(28)29/h10-13,30H,3-9,19H2,1-2H3,(H,20,25)(H,21,26)(H,22,27)(H,23,24)(H,28,29). The summed E-state index contributed by atoms with van der Waals surface area (Å²) < 4.78 is 0. The molecule has 3 amide bonds. The van der Waals surface area contributed by atoms with Crippen LogP contribution in [-0.4, -0.2) is 93.8 Å². The van der Waals surface area contributed by atoms with E-state index in [1.807, 2.05) is 12.5 Å². The Balaban J connectivity index is 5.29. The van der Waals surface area contributed by atoms with E-state index in [1.54, 1.807) is 0 Å². The Morgan fingerprint density at radius 3 is 1.62 bits per heavy atom. The second-order valence-corrected chi connectivity index (χ2v) is 9.14. The molecule has 0 aliphatic carbocycles. The first-order chi connectivity index (χ1) is 15.1. The quantitative estimate of drug-likeness (QED) is 0.121. The van der Waals surface area contributed by atoms with Gasteiger partial charge in [-0.1, -0.05) is 0 Å². The van der Waals surface area contributed by atoms with Crippen molar-refractivity contribution in [1.29, 1.82) is 0 Å². The van der Waals surface area contributed by atoms with Crippen LogP contribution in [0.25, 0.3) is 0 Å². The fraction of sp³-hybridized carbons (Fsp3) is 0.722. The van der Waals surface area contributed by atoms with Crippen LogP contribution < -0.4 is 21.7 Å². The van der Waals surface area contributed by atoms with Gasteiger partial charge in [-0.3, -0.25) is 19.2 Å². The lowest BCUT2D eigenvalue weighted by molar-refractivity contribution is -0.141. The number of thioether (sulfide) groups is 2. The molecule has 11 nitrogen and oxygen atoms in total. The van der Waals surface area contributed by atoms with Gasteiger partial charge in [0, 0.05) is 12.2 Å². The molecular weight excluding hydrogens is 480 g/mol. The Labute approximate surface area is 201 Å². The largest absolute Gasteiger partial charge is 0.481 e. The number of thiol groups is 1. The summed E-state index contributed by atoms with van der Waals surface area (Å²) in [5.74, 6) is -3.34. The number of nitrogens with one attached hydrogen (secondary N) is 3. The molecule has 0 aliphatic rings. The van der Waals surface area contributed by atoms with Gasteiger partial charge in [0.15, 0.2) is 0 Å². The fourth-order valence-electron chi connectivity index (χ4n) is 2.43. The van der Waals surface area contributed by atoms with Crippen LogP contribution in [0.4, 0.5) is 0 Å². The number of amides is 3. The highest BCUT2D eigenvalue weighted by Crippen LogP contribution is 2.06. The molecule has 0 heterocycles. The van der Waals surface area contributed by atoms with Crippen molar-refractivity contribution in [2.24, 2.45) is 5.73 Å². The number of carbonyl (C=O) groups is 5. The van der Waals surface area contributed by atoms with Crippen LogP contribution in [0.2, 0.25) is 0 Å². The highest BCUT2D eigenvalue weighted by molar-refractivity contribution is 7.98. The number of carboxylic acid groups (broad SMARTS) is 2. The van der Waals surface area contributed by atoms with Crippen molar-refractivity contribution in [3.63, 3.8) is 0 Å². The number of hydrogen-bond acceptors (Lipinski definition) is 9. The molecule has 0 rings (SSSR count). The lowest BCUT2D eigenvalue weighted by Crippen LogP contribution is -2.57. The van der Waals surface area contributed by atoms with Crippen LogP contribution in [0.15, 0.2) is 0 Å². The van der Waals surface area contributed by atoms with E-state index in [9.17, 15) is 24.0 Å². The maximum Gasteiger partial charge on any atom is 0.327 e. The zero-order valence-corrected chi connectivity index (χ0v) is 20.6. The fourth-order valence-corrected chi connectivity index (χ4v) is 3.62. The van der Waals surface area contributed by atoms with E-state index < -0.39 is 53.8 Å². The topological polar surface area (TPSA) is 188 Å². The summed E-state index contributed by atoms with van der Waals surface area (Å²) in [5, 5.41) is 25.3. The van der Waals surface area contributed by atoms with Gasteiger partial charge in [0.05, 0.1) is 6.04 Å². The van der Waals surface area contributed by atoms with Crippen LogP contribution in [0, 0.1) is 0 Å². The average Bonchev–Trinajstić information content (AvgIpc) is 2.74. The molecule has 32 heavy (non-hydrogen) atoms. The third kappa shape index (κ3) is 12.4. The summed E-state index contributed by atoms with van der Waals surface area (Å²) in [6.45, 7) is 0. The molecule has 0 saturated carbocycles. The molecule has 0 fully saturated rings. The zero-order valence-electron chi connectivity index (χ0n) is 18.0. The van der Waals surface area contributed by atoms with E-state index in [1.165, 1.54) is 23.5 Å². The minimum absolute atomic E-state index is 0.0862. The summed E-state index contributed by atoms with van der Waals surface area (Å²) in [6.07, 6.45) is 3.78. The molecule has 0 bridgehead atoms. The molecule has 0 aromatic heterocycles. The highest BCUT2D eigenvalue weighted by Gasteiger charge is 2.29. The summed E-state index contributed by atoms with van der Waals surface area (Å²) in [5.41, 5.74) is 5.71. The molecule has 0 aromatic carbocycles. The Kier molecular flexibility index (Phi) is 16.1. The van der Waals surface area contributed by atoms with E-state index in [2.05, 4.69) is 28.6 Å². The average molecular weight is 513 g/mol. The Bertz CT molecular complexity index is 654. The van der Waals surface area contributed by atoms with Crippen molar-refractivity contribution in [3.05, 3.63) is 0 Å². The first-order valence-electron chi connectivity index (χ1n) is 9.77. The molecule has 4 atom stereocenters. The number of rotatable bonds is 17. The second kappa shape index (κ2) is 16.9. The van der Waals surface area contributed by atoms with Crippen LogP contribution in [0.3, 0.4) is 0 Å². The van der Waals surface area contributed by atoms with E-state index >= 15 is 0 Å². The predicted molar refractivity (Wildman–Crippen MR) is 128 cm³/mol. The van der Waals surface area contributed by atoms with Crippen molar-refractivity contribution in [3.8, 4) is 0 Å². The molecule has 4 unspecified atom stereocenters. The first-order valence-corrected chi connectivity index (χ1v) is 13.2. The molecule has 14 heteroatoms. The highest BCUT2D eigenvalue weighted by atomic mass is 32.2. The maximum atomic E-state index is 12.9. The lowest BCUT2D eigenvalue weighted by atomic mass is 10.1. The normalized spacial score (nSPS) is 14.5. The van der Waals surface area contributed by atoms with Crippen molar-refractivity contribution < 1.29 is 34.2 Å². The SMILES string of the molecule is CSCCC(NC(=O)C(N)CCC(=O)O)C(=O)NC(CCSC)C(=O)NC(CS)C(=O)O. The monoisotopic (exact) mass is 512 g/mol. The minimum Gasteiger partial charge on any atom is -0.481 e. The van der Waals surface area contributed by atoms with Gasteiger partial charge >= 0.3 is 11.9 Å². The zero-order chi connectivity index (χ0) is 24.7. The second-order valence-electron chi connectivity index (χ2n) is 6.81. The van der Waals surface area contributed by atoms with Gasteiger partial charge < -0.3 is 31.9 Å². The maximum absolute atomic E-state index is 12.9. The number of carbonyl (C=O) groups excluding carboxylic acids is 3. The molecule has 0 aromatic rings. The number of nitrogens with two attached hydrogens (primary N) is 1. The van der Waals surface area contributed by atoms with Crippen molar-refractivity contribution in [2.45, 2.75) is 49.9 Å². The Morgan fingerprint density at radius 1 is 0.812 bits per heavy atom. The third-order valence-electron chi connectivity index (χ3n) is 4.29. The lowest BCUT2D eigenvalue weighted by Gasteiger charge is -2.25. The molecular formula is C18H32N4O7S3. The first kappa shape index (κ1) is 30.4. The number of hydrogen-bond donors (Lipinski definition) is 7. The van der Waals surface area contributed by atoms with Crippen LogP contribution in [-0.2, 0) is 24.0 Å². The number of aliphatic carboxylic acids is 2. The van der Waals surface area contributed by atoms with Gasteiger partial charge in [-0.2, -0.15) is 36.2 Å². The summed E-state index contributed by atoms with van der Waals surface area (Å²) in [7, 11) is 0. The van der Waals surface area contributed by atoms with E-state index in [4.69, 9.17) is 15.9 Å². The predicted octanol–water partition coefficient (Wildman–Crippen LogP) is -0.846. The molecule has 0 saturated heterocycles. The molecule has 0 aliphatic heterocycles. The van der Waals surface area contributed by atoms with Gasteiger partial charge in [-0.25, -0.2) is 4.79 Å². The smallest absolute Gasteiger partial charge is 0.327 e. The molecule has 7 N–H and O–H groups in total. The van der Waals surface area contributed by atoms with Gasteiger partial charge in [0.25, 0.3) is 0 Å². The van der Waals surface area contributed by atoms with Crippen LogP contribution in [0.1, 0.15) is 25.7 Å². The van der Waals surface area contributed by atoms with Crippen molar-refractivity contribution >= 4 is 65.8 Å². The van der Waals surface area contributed by atoms with Crippen molar-refractivity contribution in [2.75, 3.05) is 29.8 Å². The Morgan fingerprint density at radius 2 is 1.25 bits per heavy atom.